The van der Waals surface area contributed by atoms with Crippen molar-refractivity contribution < 1.29 is 18.8 Å². The molecule has 0 spiro atoms. The molecule has 140 valence electrons. The Morgan fingerprint density at radius 2 is 1.56 bits per heavy atom. The van der Waals surface area contributed by atoms with Crippen LogP contribution in [-0.2, 0) is 6.42 Å². The zero-order chi connectivity index (χ0) is 19.2. The summed E-state index contributed by atoms with van der Waals surface area (Å²) in [5, 5.41) is 4.21. The first-order valence-electron chi connectivity index (χ1n) is 8.99. The predicted molar refractivity (Wildman–Crippen MR) is 104 cm³/mol. The average Bonchev–Trinajstić information content (AvgIpc) is 3.15. The number of carbonyl (C=O) groups is 1. The highest BCUT2D eigenvalue weighted by Crippen LogP contribution is 2.30. The van der Waals surface area contributed by atoms with Crippen LogP contribution in [0, 0.1) is 0 Å². The molecule has 0 fully saturated rings. The molecule has 0 bridgehead atoms. The first-order valence-corrected chi connectivity index (χ1v) is 8.99. The molecule has 27 heavy (non-hydrogen) atoms. The van der Waals surface area contributed by atoms with Crippen molar-refractivity contribution in [3.05, 3.63) is 65.4 Å². The lowest BCUT2D eigenvalue weighted by Gasteiger charge is -2.06. The highest BCUT2D eigenvalue weighted by molar-refractivity contribution is 6.13. The van der Waals surface area contributed by atoms with Gasteiger partial charge >= 0.3 is 0 Å². The molecule has 1 heterocycles. The molecule has 0 aliphatic heterocycles. The van der Waals surface area contributed by atoms with E-state index in [4.69, 9.17) is 14.0 Å². The van der Waals surface area contributed by atoms with E-state index in [0.29, 0.717) is 34.8 Å². The Balaban J connectivity index is 2.03. The number of ether oxygens (including phenoxy) is 2. The molecule has 1 aromatic heterocycles. The maximum Gasteiger partial charge on any atom is 0.198 e. The molecule has 0 amide bonds. The van der Waals surface area contributed by atoms with Crippen molar-refractivity contribution in [3.63, 3.8) is 0 Å². The zero-order valence-corrected chi connectivity index (χ0v) is 15.8. The van der Waals surface area contributed by atoms with Gasteiger partial charge in [0, 0.05) is 17.5 Å². The van der Waals surface area contributed by atoms with Crippen LogP contribution in [0.15, 0.2) is 53.1 Å². The van der Waals surface area contributed by atoms with Crippen LogP contribution in [0.1, 0.15) is 41.4 Å². The first kappa shape index (κ1) is 18.7. The summed E-state index contributed by atoms with van der Waals surface area (Å²) in [4.78, 5) is 13.2. The number of hydrogen-bond acceptors (Lipinski definition) is 5. The summed E-state index contributed by atoms with van der Waals surface area (Å²) in [6.45, 7) is 2.10. The van der Waals surface area contributed by atoms with Crippen molar-refractivity contribution in [1.29, 1.82) is 0 Å². The summed E-state index contributed by atoms with van der Waals surface area (Å²) in [6, 6.07) is 14.5. The van der Waals surface area contributed by atoms with Crippen molar-refractivity contribution in [3.8, 4) is 22.8 Å². The minimum absolute atomic E-state index is 0.101. The van der Waals surface area contributed by atoms with Gasteiger partial charge in [-0.15, -0.1) is 0 Å². The van der Waals surface area contributed by atoms with E-state index in [-0.39, 0.29) is 5.78 Å². The molecule has 2 aromatic carbocycles. The molecule has 5 nitrogen and oxygen atoms in total. The summed E-state index contributed by atoms with van der Waals surface area (Å²) >= 11 is 0. The monoisotopic (exact) mass is 365 g/mol. The number of aryl methyl sites for hydroxylation is 1. The second-order valence-corrected chi connectivity index (χ2v) is 6.22. The fraction of sp³-hybridized carbons (Fsp3) is 0.273. The van der Waals surface area contributed by atoms with E-state index >= 15 is 0 Å². The van der Waals surface area contributed by atoms with E-state index in [0.717, 1.165) is 24.2 Å². The van der Waals surface area contributed by atoms with Gasteiger partial charge in [-0.25, -0.2) is 0 Å². The van der Waals surface area contributed by atoms with E-state index in [1.165, 1.54) is 0 Å². The van der Waals surface area contributed by atoms with Crippen LogP contribution in [0.25, 0.3) is 11.3 Å². The molecule has 0 unspecified atom stereocenters. The Morgan fingerprint density at radius 1 is 0.963 bits per heavy atom. The van der Waals surface area contributed by atoms with Gasteiger partial charge in [0.05, 0.1) is 19.8 Å². The molecule has 0 aliphatic carbocycles. The van der Waals surface area contributed by atoms with Crippen LogP contribution in [0.3, 0.4) is 0 Å². The van der Waals surface area contributed by atoms with Crippen LogP contribution in [-0.4, -0.2) is 25.2 Å². The minimum atomic E-state index is -0.101. The third kappa shape index (κ3) is 4.03. The summed E-state index contributed by atoms with van der Waals surface area (Å²) in [7, 11) is 3.22. The lowest BCUT2D eigenvalue weighted by atomic mass is 9.96. The van der Waals surface area contributed by atoms with E-state index in [1.807, 2.05) is 24.3 Å². The van der Waals surface area contributed by atoms with E-state index in [9.17, 15) is 4.79 Å². The number of benzene rings is 2. The highest BCUT2D eigenvalue weighted by Gasteiger charge is 2.24. The second-order valence-electron chi connectivity index (χ2n) is 6.22. The molecule has 3 aromatic rings. The Bertz CT molecular complexity index is 895. The Labute approximate surface area is 158 Å². The molecule has 5 heteroatoms. The molecular weight excluding hydrogens is 342 g/mol. The molecular formula is C22H23NO4. The normalized spacial score (nSPS) is 10.6. The van der Waals surface area contributed by atoms with Crippen LogP contribution < -0.4 is 9.47 Å². The summed E-state index contributed by atoms with van der Waals surface area (Å²) in [5.74, 6) is 1.98. The van der Waals surface area contributed by atoms with Crippen LogP contribution in [0.5, 0.6) is 11.5 Å². The molecule has 0 aliphatic rings. The van der Waals surface area contributed by atoms with Gasteiger partial charge in [0.1, 0.15) is 23.0 Å². The number of methoxy groups -OCH3 is 2. The molecule has 3 rings (SSSR count). The van der Waals surface area contributed by atoms with E-state index < -0.39 is 0 Å². The average molecular weight is 365 g/mol. The van der Waals surface area contributed by atoms with Crippen molar-refractivity contribution >= 4 is 5.78 Å². The van der Waals surface area contributed by atoms with Gasteiger partial charge in [-0.3, -0.25) is 4.79 Å². The quantitative estimate of drug-likeness (QED) is 0.530. The van der Waals surface area contributed by atoms with Crippen LogP contribution in [0.2, 0.25) is 0 Å². The summed E-state index contributed by atoms with van der Waals surface area (Å²) < 4.78 is 16.0. The van der Waals surface area contributed by atoms with Gasteiger partial charge in [0.25, 0.3) is 0 Å². The maximum atomic E-state index is 13.2. The van der Waals surface area contributed by atoms with Gasteiger partial charge in [-0.05, 0) is 55.0 Å². The maximum absolute atomic E-state index is 13.2. The van der Waals surface area contributed by atoms with Crippen molar-refractivity contribution in [2.24, 2.45) is 0 Å². The number of hydrogen-bond donors (Lipinski definition) is 0. The number of aromatic nitrogens is 1. The standard InChI is InChI=1S/C22H23NO4/c1-4-5-6-19-20(22(24)16-9-13-18(26-3)14-10-16)21(23-27-19)15-7-11-17(25-2)12-8-15/h7-14H,4-6H2,1-3H3. The topological polar surface area (TPSA) is 61.6 Å². The minimum Gasteiger partial charge on any atom is -0.497 e. The van der Waals surface area contributed by atoms with Crippen LogP contribution in [0.4, 0.5) is 0 Å². The number of ketones is 1. The highest BCUT2D eigenvalue weighted by atomic mass is 16.5. The molecule has 0 radical (unpaired) electrons. The zero-order valence-electron chi connectivity index (χ0n) is 15.8. The third-order valence-electron chi connectivity index (χ3n) is 4.46. The van der Waals surface area contributed by atoms with Crippen molar-refractivity contribution in [1.82, 2.24) is 5.16 Å². The fourth-order valence-corrected chi connectivity index (χ4v) is 2.90. The predicted octanol–water partition coefficient (Wildman–Crippen LogP) is 4.93. The number of rotatable bonds is 8. The van der Waals surface area contributed by atoms with Crippen LogP contribution >= 0.6 is 0 Å². The smallest absolute Gasteiger partial charge is 0.198 e. The number of unbranched alkanes of at least 4 members (excludes halogenated alkanes) is 1. The van der Waals surface area contributed by atoms with Crippen molar-refractivity contribution in [2.45, 2.75) is 26.2 Å². The summed E-state index contributed by atoms with van der Waals surface area (Å²) in [5.41, 5.74) is 2.48. The lowest BCUT2D eigenvalue weighted by Crippen LogP contribution is -2.05. The van der Waals surface area contributed by atoms with Gasteiger partial charge < -0.3 is 14.0 Å². The van der Waals surface area contributed by atoms with E-state index in [1.54, 1.807) is 38.5 Å². The lowest BCUT2D eigenvalue weighted by molar-refractivity contribution is 0.103. The van der Waals surface area contributed by atoms with Gasteiger partial charge in [0.15, 0.2) is 5.78 Å². The molecule has 0 N–H and O–H groups in total. The van der Waals surface area contributed by atoms with Gasteiger partial charge in [0.2, 0.25) is 0 Å². The Kier molecular flexibility index (Phi) is 5.91. The Morgan fingerprint density at radius 3 is 2.11 bits per heavy atom. The molecule has 0 saturated carbocycles. The SMILES string of the molecule is CCCCc1onc(-c2ccc(OC)cc2)c1C(=O)c1ccc(OC)cc1. The third-order valence-corrected chi connectivity index (χ3v) is 4.46. The largest absolute Gasteiger partial charge is 0.497 e. The number of nitrogens with zero attached hydrogens (tertiary/aromatic N) is 1. The molecule has 0 saturated heterocycles. The van der Waals surface area contributed by atoms with Crippen molar-refractivity contribution in [2.75, 3.05) is 14.2 Å². The molecule has 0 atom stereocenters. The number of carbonyl (C=O) groups excluding carboxylic acids is 1. The summed E-state index contributed by atoms with van der Waals surface area (Å²) in [6.07, 6.45) is 2.62. The van der Waals surface area contributed by atoms with Gasteiger partial charge in [-0.1, -0.05) is 18.5 Å². The first-order chi connectivity index (χ1) is 13.2. The Hall–Kier alpha value is -3.08. The second kappa shape index (κ2) is 8.54. The fourth-order valence-electron chi connectivity index (χ4n) is 2.90. The van der Waals surface area contributed by atoms with E-state index in [2.05, 4.69) is 12.1 Å². The van der Waals surface area contributed by atoms with Gasteiger partial charge in [-0.2, -0.15) is 0 Å².